The maximum Gasteiger partial charge on any atom is 0.254 e. The number of rotatable bonds is 11. The second-order valence-electron chi connectivity index (χ2n) is 8.99. The van der Waals surface area contributed by atoms with E-state index in [0.717, 1.165) is 16.7 Å². The van der Waals surface area contributed by atoms with Gasteiger partial charge in [-0.2, -0.15) is 0 Å². The number of carbonyl (C=O) groups is 1. The molecule has 1 heterocycles. The summed E-state index contributed by atoms with van der Waals surface area (Å²) in [6.07, 6.45) is 1.24. The van der Waals surface area contributed by atoms with Crippen LogP contribution >= 0.6 is 0 Å². The van der Waals surface area contributed by atoms with Crippen LogP contribution < -0.4 is 18.9 Å². The summed E-state index contributed by atoms with van der Waals surface area (Å²) in [4.78, 5) is 15.6. The summed E-state index contributed by atoms with van der Waals surface area (Å²) >= 11 is 0. The van der Waals surface area contributed by atoms with Gasteiger partial charge >= 0.3 is 0 Å². The number of nitrogens with zero attached hydrogens (tertiary/aromatic N) is 1. The van der Waals surface area contributed by atoms with E-state index in [2.05, 4.69) is 0 Å². The van der Waals surface area contributed by atoms with Crippen molar-refractivity contribution in [2.24, 2.45) is 0 Å². The summed E-state index contributed by atoms with van der Waals surface area (Å²) in [6, 6.07) is 15.4. The molecular weight excluding hydrogens is 485 g/mol. The van der Waals surface area contributed by atoms with Gasteiger partial charge in [-0.25, -0.2) is 4.39 Å². The molecule has 7 heteroatoms. The minimum Gasteiger partial charge on any atom is -0.490 e. The summed E-state index contributed by atoms with van der Waals surface area (Å²) in [5.74, 6) is 2.25. The number of carbonyl (C=O) groups excluding carboxylic acids is 1. The van der Waals surface area contributed by atoms with Crippen LogP contribution in [0.3, 0.4) is 0 Å². The van der Waals surface area contributed by atoms with Crippen LogP contribution in [0, 0.1) is 5.82 Å². The Morgan fingerprint density at radius 1 is 0.789 bits per heavy atom. The summed E-state index contributed by atoms with van der Waals surface area (Å²) in [7, 11) is 0. The van der Waals surface area contributed by atoms with Crippen molar-refractivity contribution in [2.75, 3.05) is 33.0 Å². The van der Waals surface area contributed by atoms with Gasteiger partial charge in [0.05, 0.1) is 32.5 Å². The van der Waals surface area contributed by atoms with Gasteiger partial charge in [-0.1, -0.05) is 6.07 Å². The van der Waals surface area contributed by atoms with Crippen LogP contribution in [0.4, 0.5) is 4.39 Å². The standard InChI is InChI=1S/C31H36FNO5/c1-5-35-27-14-9-21(18-28(27)36-6-2)17-26-25-20-30(38-8-4)29(37-7-3)19-23(25)15-16-33(26)31(34)22-10-12-24(32)13-11-22/h9-14,18-20,26H,5-8,15-17H2,1-4H3. The van der Waals surface area contributed by atoms with Gasteiger partial charge in [-0.3, -0.25) is 4.79 Å². The predicted octanol–water partition coefficient (Wildman–Crippen LogP) is 6.40. The van der Waals surface area contributed by atoms with E-state index in [1.807, 2.05) is 62.9 Å². The van der Waals surface area contributed by atoms with Crippen molar-refractivity contribution in [3.05, 3.63) is 82.7 Å². The molecule has 3 aromatic rings. The minimum absolute atomic E-state index is 0.136. The van der Waals surface area contributed by atoms with Gasteiger partial charge in [0.2, 0.25) is 0 Å². The molecule has 0 bridgehead atoms. The molecule has 0 saturated carbocycles. The first-order chi connectivity index (χ1) is 18.5. The number of benzene rings is 3. The summed E-state index contributed by atoms with van der Waals surface area (Å²) in [6.45, 7) is 10.4. The Hall–Kier alpha value is -3.74. The third kappa shape index (κ3) is 6.04. The molecule has 0 fully saturated rings. The zero-order valence-electron chi connectivity index (χ0n) is 22.6. The van der Waals surface area contributed by atoms with Gasteiger partial charge in [-0.15, -0.1) is 0 Å². The van der Waals surface area contributed by atoms with Crippen molar-refractivity contribution in [1.82, 2.24) is 4.90 Å². The van der Waals surface area contributed by atoms with Gasteiger partial charge < -0.3 is 23.8 Å². The number of hydrogen-bond acceptors (Lipinski definition) is 5. The van der Waals surface area contributed by atoms with Crippen LogP contribution in [0.5, 0.6) is 23.0 Å². The number of hydrogen-bond donors (Lipinski definition) is 0. The van der Waals surface area contributed by atoms with E-state index < -0.39 is 0 Å². The molecule has 38 heavy (non-hydrogen) atoms. The molecule has 1 aliphatic heterocycles. The molecule has 1 atom stereocenters. The first kappa shape index (κ1) is 27.3. The normalized spacial score (nSPS) is 14.6. The number of ether oxygens (including phenoxy) is 4. The molecule has 6 nitrogen and oxygen atoms in total. The maximum atomic E-state index is 13.7. The van der Waals surface area contributed by atoms with E-state index in [1.165, 1.54) is 24.3 Å². The quantitative estimate of drug-likeness (QED) is 0.292. The molecule has 202 valence electrons. The van der Waals surface area contributed by atoms with E-state index in [-0.39, 0.29) is 17.8 Å². The van der Waals surface area contributed by atoms with E-state index in [1.54, 1.807) is 0 Å². The molecule has 0 aromatic heterocycles. The Balaban J connectivity index is 1.77. The first-order valence-electron chi connectivity index (χ1n) is 13.4. The fraction of sp³-hybridized carbons (Fsp3) is 0.387. The lowest BCUT2D eigenvalue weighted by Gasteiger charge is -2.38. The van der Waals surface area contributed by atoms with E-state index in [9.17, 15) is 9.18 Å². The highest BCUT2D eigenvalue weighted by Crippen LogP contribution is 2.41. The molecule has 1 amide bonds. The lowest BCUT2D eigenvalue weighted by atomic mass is 9.87. The van der Waals surface area contributed by atoms with Gasteiger partial charge in [-0.05, 0) is 106 Å². The molecule has 3 aromatic carbocycles. The highest BCUT2D eigenvalue weighted by Gasteiger charge is 2.33. The van der Waals surface area contributed by atoms with Crippen molar-refractivity contribution in [3.8, 4) is 23.0 Å². The van der Waals surface area contributed by atoms with E-state index in [4.69, 9.17) is 18.9 Å². The second kappa shape index (κ2) is 12.7. The second-order valence-corrected chi connectivity index (χ2v) is 8.99. The monoisotopic (exact) mass is 521 g/mol. The van der Waals surface area contributed by atoms with Gasteiger partial charge in [0.25, 0.3) is 5.91 Å². The number of halogens is 1. The Morgan fingerprint density at radius 3 is 2.00 bits per heavy atom. The number of fused-ring (bicyclic) bond motifs is 1. The molecular formula is C31H36FNO5. The fourth-order valence-corrected chi connectivity index (χ4v) is 4.91. The minimum atomic E-state index is -0.371. The third-order valence-corrected chi connectivity index (χ3v) is 6.55. The molecule has 0 radical (unpaired) electrons. The van der Waals surface area contributed by atoms with Crippen LogP contribution in [-0.4, -0.2) is 43.8 Å². The fourth-order valence-electron chi connectivity index (χ4n) is 4.91. The average molecular weight is 522 g/mol. The maximum absolute atomic E-state index is 13.7. The summed E-state index contributed by atoms with van der Waals surface area (Å²) in [5, 5.41) is 0. The van der Waals surface area contributed by atoms with Crippen molar-refractivity contribution >= 4 is 5.91 Å². The Morgan fingerprint density at radius 2 is 1.37 bits per heavy atom. The Bertz CT molecular complexity index is 1240. The van der Waals surface area contributed by atoms with Crippen LogP contribution in [0.15, 0.2) is 54.6 Å². The Kier molecular flexibility index (Phi) is 9.10. The molecule has 0 aliphatic carbocycles. The Labute approximate surface area is 224 Å². The first-order valence-corrected chi connectivity index (χ1v) is 13.4. The highest BCUT2D eigenvalue weighted by molar-refractivity contribution is 5.94. The van der Waals surface area contributed by atoms with Crippen LogP contribution in [0.2, 0.25) is 0 Å². The van der Waals surface area contributed by atoms with Crippen molar-refractivity contribution in [2.45, 2.75) is 46.6 Å². The number of amides is 1. The lowest BCUT2D eigenvalue weighted by molar-refractivity contribution is 0.0659. The topological polar surface area (TPSA) is 57.2 Å². The van der Waals surface area contributed by atoms with E-state index >= 15 is 0 Å². The molecule has 4 rings (SSSR count). The lowest BCUT2D eigenvalue weighted by Crippen LogP contribution is -2.41. The molecule has 1 aliphatic rings. The highest BCUT2D eigenvalue weighted by atomic mass is 19.1. The van der Waals surface area contributed by atoms with Crippen molar-refractivity contribution in [1.29, 1.82) is 0 Å². The molecule has 0 spiro atoms. The smallest absolute Gasteiger partial charge is 0.254 e. The molecule has 1 unspecified atom stereocenters. The third-order valence-electron chi connectivity index (χ3n) is 6.55. The predicted molar refractivity (Wildman–Crippen MR) is 145 cm³/mol. The van der Waals surface area contributed by atoms with Gasteiger partial charge in [0, 0.05) is 12.1 Å². The molecule has 0 N–H and O–H groups in total. The zero-order valence-corrected chi connectivity index (χ0v) is 22.6. The van der Waals surface area contributed by atoms with Crippen LogP contribution in [-0.2, 0) is 12.8 Å². The molecule has 0 saturated heterocycles. The van der Waals surface area contributed by atoms with Gasteiger partial charge in [0.1, 0.15) is 5.82 Å². The van der Waals surface area contributed by atoms with Gasteiger partial charge in [0.15, 0.2) is 23.0 Å². The van der Waals surface area contributed by atoms with Crippen LogP contribution in [0.25, 0.3) is 0 Å². The van der Waals surface area contributed by atoms with Crippen LogP contribution in [0.1, 0.15) is 60.8 Å². The van der Waals surface area contributed by atoms with Crippen molar-refractivity contribution in [3.63, 3.8) is 0 Å². The van der Waals surface area contributed by atoms with E-state index in [0.29, 0.717) is 74.4 Å². The zero-order chi connectivity index (χ0) is 27.1. The summed E-state index contributed by atoms with van der Waals surface area (Å²) in [5.41, 5.74) is 3.61. The average Bonchev–Trinajstić information content (AvgIpc) is 2.91. The SMILES string of the molecule is CCOc1ccc(CC2c3cc(OCC)c(OCC)cc3CCN2C(=O)c2ccc(F)cc2)cc1OCC. The largest absolute Gasteiger partial charge is 0.490 e. The van der Waals surface area contributed by atoms with Crippen molar-refractivity contribution < 1.29 is 28.1 Å². The summed E-state index contributed by atoms with van der Waals surface area (Å²) < 4.78 is 37.0.